The van der Waals surface area contributed by atoms with E-state index in [2.05, 4.69) is 18.8 Å². The highest BCUT2D eigenvalue weighted by molar-refractivity contribution is 5.77. The van der Waals surface area contributed by atoms with Gasteiger partial charge in [0.2, 0.25) is 5.91 Å². The average Bonchev–Trinajstić information content (AvgIpc) is 2.57. The zero-order chi connectivity index (χ0) is 17.0. The summed E-state index contributed by atoms with van der Waals surface area (Å²) in [5, 5.41) is 0. The van der Waals surface area contributed by atoms with Crippen molar-refractivity contribution in [1.29, 1.82) is 0 Å². The first kappa shape index (κ1) is 17.4. The number of nitrogens with zero attached hydrogens (tertiary/aromatic N) is 2. The number of amides is 1. The minimum absolute atomic E-state index is 0.180. The molecule has 1 unspecified atom stereocenters. The van der Waals surface area contributed by atoms with Gasteiger partial charge in [-0.2, -0.15) is 0 Å². The molecule has 0 bridgehead atoms. The monoisotopic (exact) mass is 332 g/mol. The van der Waals surface area contributed by atoms with E-state index >= 15 is 0 Å². The van der Waals surface area contributed by atoms with Crippen molar-refractivity contribution in [2.24, 2.45) is 5.92 Å². The maximum absolute atomic E-state index is 12.2. The standard InChI is InChI=1S/C19H28N2O3/c1-15(2)6-7-18(22)21-13-19(14-21)11-17(8-10-24-19)23-12-16-5-3-4-9-20-16/h3-5,9,15,17H,6-8,10-14H2,1-2H3. The van der Waals surface area contributed by atoms with E-state index in [1.807, 2.05) is 23.1 Å². The molecule has 0 radical (unpaired) electrons. The molecule has 24 heavy (non-hydrogen) atoms. The number of hydrogen-bond donors (Lipinski definition) is 0. The van der Waals surface area contributed by atoms with Crippen molar-refractivity contribution < 1.29 is 14.3 Å². The summed E-state index contributed by atoms with van der Waals surface area (Å²) in [5.74, 6) is 0.828. The summed E-state index contributed by atoms with van der Waals surface area (Å²) in [4.78, 5) is 18.4. The van der Waals surface area contributed by atoms with E-state index in [1.165, 1.54) is 0 Å². The number of likely N-dealkylation sites (tertiary alicyclic amines) is 1. The number of aromatic nitrogens is 1. The number of pyridine rings is 1. The van der Waals surface area contributed by atoms with Gasteiger partial charge in [0.05, 0.1) is 31.5 Å². The maximum atomic E-state index is 12.2. The molecule has 2 aliphatic rings. The molecule has 5 nitrogen and oxygen atoms in total. The predicted molar refractivity (Wildman–Crippen MR) is 91.4 cm³/mol. The van der Waals surface area contributed by atoms with Crippen LogP contribution < -0.4 is 0 Å². The van der Waals surface area contributed by atoms with Gasteiger partial charge in [0, 0.05) is 25.6 Å². The Morgan fingerprint density at radius 3 is 3.00 bits per heavy atom. The third kappa shape index (κ3) is 4.33. The second kappa shape index (κ2) is 7.62. The van der Waals surface area contributed by atoms with Crippen molar-refractivity contribution in [2.45, 2.75) is 57.8 Å². The van der Waals surface area contributed by atoms with Crippen molar-refractivity contribution in [3.05, 3.63) is 30.1 Å². The minimum Gasteiger partial charge on any atom is -0.372 e. The molecule has 0 N–H and O–H groups in total. The van der Waals surface area contributed by atoms with Crippen molar-refractivity contribution in [2.75, 3.05) is 19.7 Å². The van der Waals surface area contributed by atoms with Crippen LogP contribution in [0.25, 0.3) is 0 Å². The van der Waals surface area contributed by atoms with E-state index in [4.69, 9.17) is 9.47 Å². The second-order valence-corrected chi connectivity index (χ2v) is 7.46. The minimum atomic E-state index is -0.180. The molecular weight excluding hydrogens is 304 g/mol. The lowest BCUT2D eigenvalue weighted by atomic mass is 9.84. The van der Waals surface area contributed by atoms with E-state index in [-0.39, 0.29) is 17.6 Å². The molecule has 3 heterocycles. The highest BCUT2D eigenvalue weighted by Crippen LogP contribution is 2.36. The van der Waals surface area contributed by atoms with Gasteiger partial charge in [-0.15, -0.1) is 0 Å². The zero-order valence-electron chi connectivity index (χ0n) is 14.7. The molecule has 1 spiro atoms. The van der Waals surface area contributed by atoms with E-state index in [1.54, 1.807) is 6.20 Å². The molecule has 132 valence electrons. The Morgan fingerprint density at radius 1 is 1.46 bits per heavy atom. The quantitative estimate of drug-likeness (QED) is 0.804. The van der Waals surface area contributed by atoms with Gasteiger partial charge in [-0.3, -0.25) is 9.78 Å². The summed E-state index contributed by atoms with van der Waals surface area (Å²) < 4.78 is 12.0. The lowest BCUT2D eigenvalue weighted by molar-refractivity contribution is -0.202. The van der Waals surface area contributed by atoms with E-state index in [9.17, 15) is 4.79 Å². The van der Waals surface area contributed by atoms with Crippen molar-refractivity contribution in [3.63, 3.8) is 0 Å². The van der Waals surface area contributed by atoms with Gasteiger partial charge in [0.15, 0.2) is 0 Å². The smallest absolute Gasteiger partial charge is 0.222 e. The molecule has 0 aliphatic carbocycles. The van der Waals surface area contributed by atoms with E-state index in [0.29, 0.717) is 38.6 Å². The Bertz CT molecular complexity index is 541. The van der Waals surface area contributed by atoms with Gasteiger partial charge in [0.25, 0.3) is 0 Å². The molecule has 1 aromatic rings. The second-order valence-electron chi connectivity index (χ2n) is 7.46. The van der Waals surface area contributed by atoms with Crippen LogP contribution in [0.1, 0.15) is 45.2 Å². The molecule has 5 heteroatoms. The average molecular weight is 332 g/mol. The first-order valence-corrected chi connectivity index (χ1v) is 9.00. The van der Waals surface area contributed by atoms with Crippen LogP contribution in [0.2, 0.25) is 0 Å². The molecule has 1 aromatic heterocycles. The maximum Gasteiger partial charge on any atom is 0.222 e. The fourth-order valence-electron chi connectivity index (χ4n) is 3.43. The molecule has 2 aliphatic heterocycles. The van der Waals surface area contributed by atoms with Gasteiger partial charge in [0.1, 0.15) is 5.60 Å². The highest BCUT2D eigenvalue weighted by atomic mass is 16.5. The van der Waals surface area contributed by atoms with Crippen LogP contribution in [0.5, 0.6) is 0 Å². The van der Waals surface area contributed by atoms with Crippen LogP contribution in [0, 0.1) is 5.92 Å². The lowest BCUT2D eigenvalue weighted by Crippen LogP contribution is -2.67. The first-order chi connectivity index (χ1) is 11.6. The van der Waals surface area contributed by atoms with Gasteiger partial charge >= 0.3 is 0 Å². The van der Waals surface area contributed by atoms with Gasteiger partial charge < -0.3 is 14.4 Å². The lowest BCUT2D eigenvalue weighted by Gasteiger charge is -2.53. The summed E-state index contributed by atoms with van der Waals surface area (Å²) in [6, 6.07) is 5.86. The highest BCUT2D eigenvalue weighted by Gasteiger charge is 2.49. The third-order valence-electron chi connectivity index (χ3n) is 4.89. The largest absolute Gasteiger partial charge is 0.372 e. The topological polar surface area (TPSA) is 51.7 Å². The Balaban J connectivity index is 1.44. The Morgan fingerprint density at radius 2 is 2.29 bits per heavy atom. The van der Waals surface area contributed by atoms with Gasteiger partial charge in [-0.25, -0.2) is 0 Å². The molecule has 2 fully saturated rings. The molecule has 1 amide bonds. The van der Waals surface area contributed by atoms with Crippen molar-refractivity contribution in [1.82, 2.24) is 9.88 Å². The van der Waals surface area contributed by atoms with Gasteiger partial charge in [-0.1, -0.05) is 19.9 Å². The number of rotatable bonds is 6. The van der Waals surface area contributed by atoms with Crippen LogP contribution in [0.3, 0.4) is 0 Å². The molecular formula is C19H28N2O3. The number of carbonyl (C=O) groups excluding carboxylic acids is 1. The van der Waals surface area contributed by atoms with Crippen LogP contribution in [0.4, 0.5) is 0 Å². The third-order valence-corrected chi connectivity index (χ3v) is 4.89. The molecule has 2 saturated heterocycles. The summed E-state index contributed by atoms with van der Waals surface area (Å²) in [5.41, 5.74) is 0.776. The molecule has 0 aromatic carbocycles. The molecule has 0 saturated carbocycles. The van der Waals surface area contributed by atoms with Crippen molar-refractivity contribution >= 4 is 5.91 Å². The number of carbonyl (C=O) groups is 1. The van der Waals surface area contributed by atoms with Crippen LogP contribution in [-0.4, -0.2) is 47.2 Å². The normalized spacial score (nSPS) is 22.6. The number of hydrogen-bond acceptors (Lipinski definition) is 4. The van der Waals surface area contributed by atoms with Crippen molar-refractivity contribution in [3.8, 4) is 0 Å². The SMILES string of the molecule is CC(C)CCC(=O)N1CC2(CC(OCc3ccccn3)CCO2)C1. The van der Waals surface area contributed by atoms with Crippen LogP contribution in [-0.2, 0) is 20.9 Å². The summed E-state index contributed by atoms with van der Waals surface area (Å²) in [6.45, 7) is 6.98. The molecule has 1 atom stereocenters. The number of ether oxygens (including phenoxy) is 2. The summed E-state index contributed by atoms with van der Waals surface area (Å²) >= 11 is 0. The summed E-state index contributed by atoms with van der Waals surface area (Å²) in [7, 11) is 0. The molecule has 3 rings (SSSR count). The predicted octanol–water partition coefficient (Wildman–Crippen LogP) is 2.79. The first-order valence-electron chi connectivity index (χ1n) is 9.00. The Kier molecular flexibility index (Phi) is 5.51. The Labute approximate surface area is 144 Å². The van der Waals surface area contributed by atoms with Crippen LogP contribution in [0.15, 0.2) is 24.4 Å². The fourth-order valence-corrected chi connectivity index (χ4v) is 3.43. The van der Waals surface area contributed by atoms with E-state index < -0.39 is 0 Å². The van der Waals surface area contributed by atoms with Gasteiger partial charge in [-0.05, 0) is 30.9 Å². The Hall–Kier alpha value is -1.46. The fraction of sp³-hybridized carbons (Fsp3) is 0.684. The zero-order valence-corrected chi connectivity index (χ0v) is 14.7. The van der Waals surface area contributed by atoms with Crippen LogP contribution >= 0.6 is 0 Å². The summed E-state index contributed by atoms with van der Waals surface area (Å²) in [6.07, 6.45) is 5.36. The van der Waals surface area contributed by atoms with E-state index in [0.717, 1.165) is 25.0 Å².